The van der Waals surface area contributed by atoms with Crippen LogP contribution in [0.15, 0.2) is 48.5 Å². The third-order valence-electron chi connectivity index (χ3n) is 3.39. The Labute approximate surface area is 151 Å². The summed E-state index contributed by atoms with van der Waals surface area (Å²) in [6, 6.07) is 11.9. The normalized spacial score (nSPS) is 10.4. The maximum absolute atomic E-state index is 11.7. The Morgan fingerprint density at radius 3 is 2.35 bits per heavy atom. The monoisotopic (exact) mass is 356 g/mol. The van der Waals surface area contributed by atoms with Crippen molar-refractivity contribution in [3.8, 4) is 17.2 Å². The number of methoxy groups -OCH3 is 2. The quantitative estimate of drug-likeness (QED) is 0.554. The van der Waals surface area contributed by atoms with Crippen LogP contribution in [0, 0.1) is 0 Å². The summed E-state index contributed by atoms with van der Waals surface area (Å²) in [4.78, 5) is 23.0. The van der Waals surface area contributed by atoms with Crippen molar-refractivity contribution in [2.24, 2.45) is 0 Å². The van der Waals surface area contributed by atoms with Crippen LogP contribution in [0.5, 0.6) is 17.2 Å². The highest BCUT2D eigenvalue weighted by molar-refractivity contribution is 5.90. The van der Waals surface area contributed by atoms with E-state index in [2.05, 4.69) is 0 Å². The van der Waals surface area contributed by atoms with Gasteiger partial charge in [0.15, 0.2) is 11.5 Å². The molecule has 0 amide bonds. The minimum absolute atomic E-state index is 0.336. The molecule has 0 N–H and O–H groups in total. The van der Waals surface area contributed by atoms with Gasteiger partial charge in [0.25, 0.3) is 0 Å². The first-order valence-corrected chi connectivity index (χ1v) is 7.96. The summed E-state index contributed by atoms with van der Waals surface area (Å²) in [6.45, 7) is 2.09. The lowest BCUT2D eigenvalue weighted by atomic mass is 10.2. The number of hydrogen-bond acceptors (Lipinski definition) is 6. The van der Waals surface area contributed by atoms with Crippen LogP contribution in [0.3, 0.4) is 0 Å². The maximum Gasteiger partial charge on any atom is 0.337 e. The van der Waals surface area contributed by atoms with E-state index < -0.39 is 11.9 Å². The highest BCUT2D eigenvalue weighted by Crippen LogP contribution is 2.32. The fourth-order valence-electron chi connectivity index (χ4n) is 2.13. The molecule has 6 heteroatoms. The number of hydrogen-bond donors (Lipinski definition) is 0. The van der Waals surface area contributed by atoms with Crippen molar-refractivity contribution in [3.05, 3.63) is 59.7 Å². The van der Waals surface area contributed by atoms with Crippen molar-refractivity contribution >= 4 is 18.0 Å². The first-order valence-electron chi connectivity index (χ1n) is 7.96. The van der Waals surface area contributed by atoms with Gasteiger partial charge in [-0.15, -0.1) is 0 Å². The van der Waals surface area contributed by atoms with Gasteiger partial charge in [-0.05, 0) is 48.9 Å². The van der Waals surface area contributed by atoms with E-state index >= 15 is 0 Å². The highest BCUT2D eigenvalue weighted by Gasteiger charge is 2.12. The molecular formula is C20H20O6. The Balaban J connectivity index is 2.15. The van der Waals surface area contributed by atoms with Gasteiger partial charge in [0.2, 0.25) is 0 Å². The molecule has 0 heterocycles. The van der Waals surface area contributed by atoms with Crippen LogP contribution in [0.2, 0.25) is 0 Å². The average Bonchev–Trinajstić information content (AvgIpc) is 2.67. The SMILES string of the molecule is CCOC(=O)/C=C/c1ccc(Oc2cc(C(=O)OC)ccc2OC)cc1. The fourth-order valence-corrected chi connectivity index (χ4v) is 2.13. The third kappa shape index (κ3) is 5.11. The van der Waals surface area contributed by atoms with E-state index in [0.29, 0.717) is 29.4 Å². The molecule has 0 aliphatic carbocycles. The molecule has 2 rings (SSSR count). The standard InChI is InChI=1S/C20H20O6/c1-4-25-19(21)12-7-14-5-9-16(10-6-14)26-18-13-15(20(22)24-3)8-11-17(18)23-2/h5-13H,4H2,1-3H3/b12-7+. The summed E-state index contributed by atoms with van der Waals surface area (Å²) in [5.41, 5.74) is 1.18. The van der Waals surface area contributed by atoms with Crippen LogP contribution >= 0.6 is 0 Å². The molecule has 0 saturated heterocycles. The Hall–Kier alpha value is -3.28. The first kappa shape index (κ1) is 19.1. The van der Waals surface area contributed by atoms with Gasteiger partial charge in [-0.3, -0.25) is 0 Å². The molecule has 0 saturated carbocycles. The van der Waals surface area contributed by atoms with Crippen LogP contribution in [0.25, 0.3) is 6.08 Å². The number of esters is 2. The van der Waals surface area contributed by atoms with Crippen molar-refractivity contribution in [3.63, 3.8) is 0 Å². The van der Waals surface area contributed by atoms with Gasteiger partial charge < -0.3 is 18.9 Å². The van der Waals surface area contributed by atoms with Gasteiger partial charge in [-0.1, -0.05) is 12.1 Å². The average molecular weight is 356 g/mol. The molecule has 0 fully saturated rings. The van der Waals surface area contributed by atoms with Crippen LogP contribution in [-0.2, 0) is 14.3 Å². The lowest BCUT2D eigenvalue weighted by molar-refractivity contribution is -0.137. The number of ether oxygens (including phenoxy) is 4. The third-order valence-corrected chi connectivity index (χ3v) is 3.39. The Morgan fingerprint density at radius 1 is 1.00 bits per heavy atom. The summed E-state index contributed by atoms with van der Waals surface area (Å²) in [7, 11) is 2.83. The molecular weight excluding hydrogens is 336 g/mol. The topological polar surface area (TPSA) is 71.1 Å². The molecule has 6 nitrogen and oxygen atoms in total. The summed E-state index contributed by atoms with van der Waals surface area (Å²) in [6.07, 6.45) is 3.02. The van der Waals surface area contributed by atoms with Gasteiger partial charge in [-0.2, -0.15) is 0 Å². The molecule has 2 aromatic carbocycles. The van der Waals surface area contributed by atoms with E-state index in [1.165, 1.54) is 20.3 Å². The molecule has 26 heavy (non-hydrogen) atoms. The Kier molecular flexibility index (Phi) is 6.79. The second-order valence-electron chi connectivity index (χ2n) is 5.11. The van der Waals surface area contributed by atoms with Crippen molar-refractivity contribution < 1.29 is 28.5 Å². The zero-order valence-electron chi connectivity index (χ0n) is 14.9. The van der Waals surface area contributed by atoms with Gasteiger partial charge in [0.05, 0.1) is 26.4 Å². The van der Waals surface area contributed by atoms with Gasteiger partial charge in [0, 0.05) is 6.08 Å². The lowest BCUT2D eigenvalue weighted by Crippen LogP contribution is -2.02. The van der Waals surface area contributed by atoms with Crippen LogP contribution < -0.4 is 9.47 Å². The smallest absolute Gasteiger partial charge is 0.337 e. The lowest BCUT2D eigenvalue weighted by Gasteiger charge is -2.11. The number of benzene rings is 2. The molecule has 0 unspecified atom stereocenters. The van der Waals surface area contributed by atoms with E-state index in [4.69, 9.17) is 18.9 Å². The zero-order valence-corrected chi connectivity index (χ0v) is 14.9. The predicted molar refractivity (Wildman–Crippen MR) is 96.5 cm³/mol. The minimum Gasteiger partial charge on any atom is -0.493 e. The summed E-state index contributed by atoms with van der Waals surface area (Å²) in [5, 5.41) is 0. The largest absolute Gasteiger partial charge is 0.493 e. The number of rotatable bonds is 7. The van der Waals surface area contributed by atoms with Crippen LogP contribution in [0.1, 0.15) is 22.8 Å². The molecule has 0 bridgehead atoms. The molecule has 0 aromatic heterocycles. The number of carbonyl (C=O) groups excluding carboxylic acids is 2. The molecule has 0 spiro atoms. The first-order chi connectivity index (χ1) is 12.6. The second kappa shape index (κ2) is 9.27. The summed E-state index contributed by atoms with van der Waals surface area (Å²) in [5.74, 6) is 0.585. The summed E-state index contributed by atoms with van der Waals surface area (Å²) < 4.78 is 20.6. The van der Waals surface area contributed by atoms with Gasteiger partial charge in [-0.25, -0.2) is 9.59 Å². The number of carbonyl (C=O) groups is 2. The molecule has 0 atom stereocenters. The van der Waals surface area contributed by atoms with Crippen molar-refractivity contribution in [1.29, 1.82) is 0 Å². The highest BCUT2D eigenvalue weighted by atomic mass is 16.5. The Morgan fingerprint density at radius 2 is 1.73 bits per heavy atom. The van der Waals surface area contributed by atoms with E-state index in [1.807, 2.05) is 0 Å². The minimum atomic E-state index is -0.461. The predicted octanol–water partition coefficient (Wildman–Crippen LogP) is 3.85. The van der Waals surface area contributed by atoms with Crippen molar-refractivity contribution in [2.45, 2.75) is 6.92 Å². The van der Waals surface area contributed by atoms with Gasteiger partial charge in [0.1, 0.15) is 5.75 Å². The molecule has 0 aliphatic rings. The van der Waals surface area contributed by atoms with E-state index in [-0.39, 0.29) is 0 Å². The Bertz CT molecular complexity index is 792. The molecule has 2 aromatic rings. The van der Waals surface area contributed by atoms with E-state index in [9.17, 15) is 9.59 Å². The van der Waals surface area contributed by atoms with Crippen LogP contribution in [0.4, 0.5) is 0 Å². The summed E-state index contributed by atoms with van der Waals surface area (Å²) >= 11 is 0. The zero-order chi connectivity index (χ0) is 18.9. The molecule has 0 aliphatic heterocycles. The van der Waals surface area contributed by atoms with Crippen molar-refractivity contribution in [2.75, 3.05) is 20.8 Å². The van der Waals surface area contributed by atoms with E-state index in [0.717, 1.165) is 5.56 Å². The van der Waals surface area contributed by atoms with Crippen molar-refractivity contribution in [1.82, 2.24) is 0 Å². The van der Waals surface area contributed by atoms with Gasteiger partial charge >= 0.3 is 11.9 Å². The fraction of sp³-hybridized carbons (Fsp3) is 0.200. The maximum atomic E-state index is 11.7. The second-order valence-corrected chi connectivity index (χ2v) is 5.11. The van der Waals surface area contributed by atoms with Crippen LogP contribution in [-0.4, -0.2) is 32.8 Å². The molecule has 0 radical (unpaired) electrons. The molecule has 136 valence electrons. The van der Waals surface area contributed by atoms with E-state index in [1.54, 1.807) is 55.5 Å².